The second kappa shape index (κ2) is 8.77. The largest absolute Gasteiger partial charge is 0.491 e. The number of rotatable bonds is 7. The van der Waals surface area contributed by atoms with Crippen molar-refractivity contribution >= 4 is 29.2 Å². The van der Waals surface area contributed by atoms with Gasteiger partial charge in [0.1, 0.15) is 18.3 Å². The van der Waals surface area contributed by atoms with Crippen molar-refractivity contribution in [2.24, 2.45) is 0 Å². The molecule has 0 bridgehead atoms. The Bertz CT molecular complexity index is 911. The van der Waals surface area contributed by atoms with Crippen molar-refractivity contribution in [2.75, 3.05) is 23.4 Å². The zero-order valence-electron chi connectivity index (χ0n) is 16.8. The molecule has 4 amide bonds. The molecule has 0 aliphatic carbocycles. The number of anilines is 2. The summed E-state index contributed by atoms with van der Waals surface area (Å²) in [6.07, 6.45) is 0.839. The van der Waals surface area contributed by atoms with E-state index in [2.05, 4.69) is 5.32 Å². The summed E-state index contributed by atoms with van der Waals surface area (Å²) in [5, 5.41) is 2.74. The Morgan fingerprint density at radius 1 is 1.10 bits per heavy atom. The molecule has 1 aliphatic rings. The van der Waals surface area contributed by atoms with Crippen LogP contribution in [0.3, 0.4) is 0 Å². The SMILES string of the molecule is CCCOc1ccccc1NC(=O)CN1C(=O)[C@H](C)N(c2ccc(C)cc2)C1=O. The molecule has 29 heavy (non-hydrogen) atoms. The van der Waals surface area contributed by atoms with Crippen molar-refractivity contribution < 1.29 is 19.1 Å². The molecule has 1 N–H and O–H groups in total. The summed E-state index contributed by atoms with van der Waals surface area (Å²) in [5.74, 6) is -0.310. The molecule has 1 fully saturated rings. The van der Waals surface area contributed by atoms with Gasteiger partial charge in [-0.05, 0) is 44.5 Å². The van der Waals surface area contributed by atoms with Gasteiger partial charge in [0.15, 0.2) is 0 Å². The van der Waals surface area contributed by atoms with Crippen LogP contribution in [0, 0.1) is 6.92 Å². The highest BCUT2D eigenvalue weighted by molar-refractivity contribution is 6.16. The standard InChI is InChI=1S/C22H25N3O4/c1-4-13-29-19-8-6-5-7-18(19)23-20(26)14-24-21(27)16(3)25(22(24)28)17-11-9-15(2)10-12-17/h5-12,16H,4,13-14H2,1-3H3,(H,23,26)/t16-/m0/s1. The maximum atomic E-state index is 12.8. The van der Waals surface area contributed by atoms with Crippen LogP contribution in [0.4, 0.5) is 16.2 Å². The number of urea groups is 1. The van der Waals surface area contributed by atoms with Crippen LogP contribution < -0.4 is 15.0 Å². The maximum absolute atomic E-state index is 12.8. The van der Waals surface area contributed by atoms with Crippen LogP contribution in [-0.2, 0) is 9.59 Å². The molecule has 0 unspecified atom stereocenters. The topological polar surface area (TPSA) is 79.0 Å². The lowest BCUT2D eigenvalue weighted by Crippen LogP contribution is -2.39. The number of nitrogens with one attached hydrogen (secondary N) is 1. The van der Waals surface area contributed by atoms with Gasteiger partial charge >= 0.3 is 6.03 Å². The van der Waals surface area contributed by atoms with Gasteiger partial charge in [-0.1, -0.05) is 36.8 Å². The molecular weight excluding hydrogens is 370 g/mol. The minimum atomic E-state index is -0.668. The summed E-state index contributed by atoms with van der Waals surface area (Å²) in [4.78, 5) is 40.4. The number of carbonyl (C=O) groups excluding carboxylic acids is 3. The van der Waals surface area contributed by atoms with Crippen molar-refractivity contribution in [1.82, 2.24) is 4.90 Å². The summed E-state index contributed by atoms with van der Waals surface area (Å²) in [7, 11) is 0. The fourth-order valence-corrected chi connectivity index (χ4v) is 3.15. The minimum absolute atomic E-state index is 0.355. The summed E-state index contributed by atoms with van der Waals surface area (Å²) in [6, 6.07) is 13.2. The number of hydrogen-bond donors (Lipinski definition) is 1. The quantitative estimate of drug-likeness (QED) is 0.727. The zero-order chi connectivity index (χ0) is 21.0. The number of ether oxygens (including phenoxy) is 1. The first-order valence-corrected chi connectivity index (χ1v) is 9.65. The number of imide groups is 1. The Morgan fingerprint density at radius 3 is 2.48 bits per heavy atom. The lowest BCUT2D eigenvalue weighted by molar-refractivity contribution is -0.130. The van der Waals surface area contributed by atoms with Crippen LogP contribution in [0.5, 0.6) is 5.75 Å². The molecule has 0 saturated carbocycles. The Balaban J connectivity index is 1.71. The summed E-state index contributed by atoms with van der Waals surface area (Å²) in [6.45, 7) is 5.77. The fraction of sp³-hybridized carbons (Fsp3) is 0.318. The molecule has 0 radical (unpaired) electrons. The number of para-hydroxylation sites is 2. The molecule has 2 aromatic rings. The van der Waals surface area contributed by atoms with Gasteiger partial charge in [-0.25, -0.2) is 4.79 Å². The summed E-state index contributed by atoms with van der Waals surface area (Å²) >= 11 is 0. The highest BCUT2D eigenvalue weighted by Crippen LogP contribution is 2.27. The van der Waals surface area contributed by atoms with E-state index in [4.69, 9.17) is 4.74 Å². The molecule has 2 aromatic carbocycles. The monoisotopic (exact) mass is 395 g/mol. The van der Waals surface area contributed by atoms with Crippen molar-refractivity contribution in [1.29, 1.82) is 0 Å². The number of carbonyl (C=O) groups is 3. The van der Waals surface area contributed by atoms with E-state index in [1.54, 1.807) is 37.3 Å². The third-order valence-corrected chi connectivity index (χ3v) is 4.68. The summed E-state index contributed by atoms with van der Waals surface area (Å²) < 4.78 is 5.63. The highest BCUT2D eigenvalue weighted by Gasteiger charge is 2.44. The van der Waals surface area contributed by atoms with E-state index < -0.39 is 23.9 Å². The smallest absolute Gasteiger partial charge is 0.332 e. The van der Waals surface area contributed by atoms with Gasteiger partial charge in [0.05, 0.1) is 12.3 Å². The van der Waals surface area contributed by atoms with E-state index >= 15 is 0 Å². The van der Waals surface area contributed by atoms with E-state index in [-0.39, 0.29) is 6.54 Å². The Morgan fingerprint density at radius 2 is 1.79 bits per heavy atom. The molecule has 1 atom stereocenters. The molecule has 152 valence electrons. The molecule has 7 nitrogen and oxygen atoms in total. The predicted octanol–water partition coefficient (Wildman–Crippen LogP) is 3.58. The first kappa shape index (κ1) is 20.4. The molecule has 3 rings (SSSR count). The third kappa shape index (κ3) is 4.39. The van der Waals surface area contributed by atoms with E-state index in [1.807, 2.05) is 32.0 Å². The van der Waals surface area contributed by atoms with Crippen molar-refractivity contribution in [3.05, 3.63) is 54.1 Å². The van der Waals surface area contributed by atoms with Gasteiger partial charge in [0, 0.05) is 5.69 Å². The van der Waals surface area contributed by atoms with E-state index in [9.17, 15) is 14.4 Å². The zero-order valence-corrected chi connectivity index (χ0v) is 16.8. The van der Waals surface area contributed by atoms with Gasteiger partial charge < -0.3 is 10.1 Å². The number of aryl methyl sites for hydroxylation is 1. The lowest BCUT2D eigenvalue weighted by Gasteiger charge is -2.19. The molecule has 0 aromatic heterocycles. The average molecular weight is 395 g/mol. The average Bonchev–Trinajstić information content (AvgIpc) is 2.91. The van der Waals surface area contributed by atoms with Crippen molar-refractivity contribution in [3.63, 3.8) is 0 Å². The molecular formula is C22H25N3O4. The first-order valence-electron chi connectivity index (χ1n) is 9.65. The van der Waals surface area contributed by atoms with E-state index in [0.717, 1.165) is 16.9 Å². The molecule has 1 aliphatic heterocycles. The summed E-state index contributed by atoms with van der Waals surface area (Å²) in [5.41, 5.74) is 2.19. The molecule has 1 heterocycles. The normalized spacial score (nSPS) is 16.3. The van der Waals surface area contributed by atoms with Crippen molar-refractivity contribution in [3.8, 4) is 5.75 Å². The minimum Gasteiger partial charge on any atom is -0.491 e. The van der Waals surface area contributed by atoms with E-state index in [1.165, 1.54) is 4.90 Å². The van der Waals surface area contributed by atoms with Crippen LogP contribution in [0.1, 0.15) is 25.8 Å². The maximum Gasteiger partial charge on any atom is 0.332 e. The fourth-order valence-electron chi connectivity index (χ4n) is 3.15. The predicted molar refractivity (Wildman–Crippen MR) is 111 cm³/mol. The van der Waals surface area contributed by atoms with Crippen LogP contribution in [-0.4, -0.2) is 41.9 Å². The van der Waals surface area contributed by atoms with Gasteiger partial charge in [-0.15, -0.1) is 0 Å². The van der Waals surface area contributed by atoms with Gasteiger partial charge in [0.2, 0.25) is 5.91 Å². The van der Waals surface area contributed by atoms with Gasteiger partial charge in [-0.3, -0.25) is 19.4 Å². The van der Waals surface area contributed by atoms with Gasteiger partial charge in [0.25, 0.3) is 5.91 Å². The van der Waals surface area contributed by atoms with Crippen LogP contribution in [0.25, 0.3) is 0 Å². The third-order valence-electron chi connectivity index (χ3n) is 4.68. The molecule has 7 heteroatoms. The van der Waals surface area contributed by atoms with Crippen molar-refractivity contribution in [2.45, 2.75) is 33.2 Å². The molecule has 0 spiro atoms. The Hall–Kier alpha value is -3.35. The Kier molecular flexibility index (Phi) is 6.16. The number of hydrogen-bond acceptors (Lipinski definition) is 4. The van der Waals surface area contributed by atoms with Gasteiger partial charge in [-0.2, -0.15) is 0 Å². The lowest BCUT2D eigenvalue weighted by atomic mass is 10.2. The number of benzene rings is 2. The molecule has 1 saturated heterocycles. The highest BCUT2D eigenvalue weighted by atomic mass is 16.5. The first-order chi connectivity index (χ1) is 13.9. The number of amides is 4. The van der Waals surface area contributed by atoms with Crippen LogP contribution >= 0.6 is 0 Å². The van der Waals surface area contributed by atoms with Crippen LogP contribution in [0.15, 0.2) is 48.5 Å². The second-order valence-electron chi connectivity index (χ2n) is 6.98. The van der Waals surface area contributed by atoms with Crippen LogP contribution in [0.2, 0.25) is 0 Å². The van der Waals surface area contributed by atoms with E-state index in [0.29, 0.717) is 23.7 Å². The second-order valence-corrected chi connectivity index (χ2v) is 6.98. The number of nitrogens with zero attached hydrogens (tertiary/aromatic N) is 2. The Labute approximate surface area is 170 Å².